The standard InChI is InChI=1S/C12H16ClN3/c1-3-16(9-8-13)12-14-10-6-4-5-7-11(10)15(12)2/h4-7H,3,8-9H2,1-2H3. The molecule has 0 amide bonds. The maximum absolute atomic E-state index is 5.80. The molecule has 0 fully saturated rings. The molecule has 0 saturated carbocycles. The minimum absolute atomic E-state index is 0.622. The molecule has 4 heteroatoms. The van der Waals surface area contributed by atoms with Gasteiger partial charge in [-0.3, -0.25) is 0 Å². The Morgan fingerprint density at radius 1 is 1.38 bits per heavy atom. The molecule has 1 heterocycles. The Kier molecular flexibility index (Phi) is 3.34. The summed E-state index contributed by atoms with van der Waals surface area (Å²) >= 11 is 5.80. The van der Waals surface area contributed by atoms with E-state index in [2.05, 4.69) is 27.4 Å². The number of benzene rings is 1. The molecule has 2 aromatic rings. The van der Waals surface area contributed by atoms with E-state index in [9.17, 15) is 0 Å². The quantitative estimate of drug-likeness (QED) is 0.763. The third kappa shape index (κ3) is 1.87. The van der Waals surface area contributed by atoms with Crippen LogP contribution in [0.2, 0.25) is 0 Å². The van der Waals surface area contributed by atoms with Crippen LogP contribution in [0.5, 0.6) is 0 Å². The van der Waals surface area contributed by atoms with Crippen LogP contribution in [0.25, 0.3) is 11.0 Å². The number of rotatable bonds is 4. The number of aryl methyl sites for hydroxylation is 1. The zero-order valence-electron chi connectivity index (χ0n) is 9.65. The van der Waals surface area contributed by atoms with Crippen LogP contribution in [-0.2, 0) is 7.05 Å². The van der Waals surface area contributed by atoms with E-state index in [0.29, 0.717) is 5.88 Å². The van der Waals surface area contributed by atoms with Crippen molar-refractivity contribution in [3.05, 3.63) is 24.3 Å². The van der Waals surface area contributed by atoms with Gasteiger partial charge in [-0.25, -0.2) is 4.98 Å². The summed E-state index contributed by atoms with van der Waals surface area (Å²) in [6.45, 7) is 3.87. The van der Waals surface area contributed by atoms with Gasteiger partial charge in [-0.15, -0.1) is 11.6 Å². The molecule has 1 aromatic carbocycles. The maximum Gasteiger partial charge on any atom is 0.206 e. The molecular weight excluding hydrogens is 222 g/mol. The van der Waals surface area contributed by atoms with Crippen molar-refractivity contribution in [1.29, 1.82) is 0 Å². The molecule has 3 nitrogen and oxygen atoms in total. The fourth-order valence-electron chi connectivity index (χ4n) is 1.92. The Morgan fingerprint density at radius 3 is 2.75 bits per heavy atom. The van der Waals surface area contributed by atoms with Gasteiger partial charge < -0.3 is 9.47 Å². The molecule has 0 atom stereocenters. The number of fused-ring (bicyclic) bond motifs is 1. The molecule has 0 spiro atoms. The van der Waals surface area contributed by atoms with Gasteiger partial charge in [0.2, 0.25) is 5.95 Å². The average Bonchev–Trinajstić information content (AvgIpc) is 2.64. The summed E-state index contributed by atoms with van der Waals surface area (Å²) in [7, 11) is 2.04. The van der Waals surface area contributed by atoms with E-state index in [1.165, 1.54) is 0 Å². The molecule has 86 valence electrons. The van der Waals surface area contributed by atoms with Crippen LogP contribution in [0, 0.1) is 0 Å². The van der Waals surface area contributed by atoms with E-state index in [4.69, 9.17) is 11.6 Å². The average molecular weight is 238 g/mol. The summed E-state index contributed by atoms with van der Waals surface area (Å²) in [5.41, 5.74) is 2.19. The molecular formula is C12H16ClN3. The number of para-hydroxylation sites is 2. The molecule has 0 N–H and O–H groups in total. The zero-order valence-corrected chi connectivity index (χ0v) is 10.4. The Balaban J connectivity index is 2.47. The highest BCUT2D eigenvalue weighted by Gasteiger charge is 2.12. The summed E-state index contributed by atoms with van der Waals surface area (Å²) in [6, 6.07) is 8.16. The lowest BCUT2D eigenvalue weighted by atomic mass is 10.3. The number of imidazole rings is 1. The Labute approximate surface area is 101 Å². The highest BCUT2D eigenvalue weighted by Crippen LogP contribution is 2.20. The number of alkyl halides is 1. The second-order valence-electron chi connectivity index (χ2n) is 3.73. The third-order valence-corrected chi connectivity index (χ3v) is 2.95. The Bertz CT molecular complexity index is 478. The SMILES string of the molecule is CCN(CCCl)c1nc2ccccc2n1C. The van der Waals surface area contributed by atoms with Gasteiger partial charge in [0.1, 0.15) is 0 Å². The monoisotopic (exact) mass is 237 g/mol. The van der Waals surface area contributed by atoms with Crippen molar-refractivity contribution >= 4 is 28.6 Å². The predicted molar refractivity (Wildman–Crippen MR) is 69.3 cm³/mol. The van der Waals surface area contributed by atoms with Crippen LogP contribution in [0.15, 0.2) is 24.3 Å². The van der Waals surface area contributed by atoms with Crippen molar-refractivity contribution in [3.8, 4) is 0 Å². The summed E-state index contributed by atoms with van der Waals surface area (Å²) in [5, 5.41) is 0. The van der Waals surface area contributed by atoms with Crippen molar-refractivity contribution < 1.29 is 0 Å². The fraction of sp³-hybridized carbons (Fsp3) is 0.417. The molecule has 0 bridgehead atoms. The maximum atomic E-state index is 5.80. The van der Waals surface area contributed by atoms with Crippen molar-refractivity contribution in [2.45, 2.75) is 6.92 Å². The summed E-state index contributed by atoms with van der Waals surface area (Å²) in [5.74, 6) is 1.61. The van der Waals surface area contributed by atoms with Crippen LogP contribution >= 0.6 is 11.6 Å². The van der Waals surface area contributed by atoms with Gasteiger partial charge in [-0.1, -0.05) is 12.1 Å². The number of hydrogen-bond donors (Lipinski definition) is 0. The molecule has 0 aliphatic heterocycles. The van der Waals surface area contributed by atoms with Crippen molar-refractivity contribution in [3.63, 3.8) is 0 Å². The highest BCUT2D eigenvalue weighted by atomic mass is 35.5. The first-order valence-corrected chi connectivity index (χ1v) is 6.03. The fourth-order valence-corrected chi connectivity index (χ4v) is 2.12. The van der Waals surface area contributed by atoms with Gasteiger partial charge in [0.05, 0.1) is 11.0 Å². The summed E-state index contributed by atoms with van der Waals surface area (Å²) in [4.78, 5) is 6.82. The summed E-state index contributed by atoms with van der Waals surface area (Å²) < 4.78 is 2.12. The normalized spacial score (nSPS) is 10.9. The molecule has 16 heavy (non-hydrogen) atoms. The van der Waals surface area contributed by atoms with E-state index in [0.717, 1.165) is 30.1 Å². The van der Waals surface area contributed by atoms with E-state index >= 15 is 0 Å². The van der Waals surface area contributed by atoms with Crippen LogP contribution in [0.3, 0.4) is 0 Å². The first-order chi connectivity index (χ1) is 7.77. The Hall–Kier alpha value is -1.22. The lowest BCUT2D eigenvalue weighted by Crippen LogP contribution is -2.27. The second-order valence-corrected chi connectivity index (χ2v) is 4.11. The number of anilines is 1. The lowest BCUT2D eigenvalue weighted by Gasteiger charge is -2.20. The lowest BCUT2D eigenvalue weighted by molar-refractivity contribution is 0.788. The van der Waals surface area contributed by atoms with Crippen LogP contribution in [0.4, 0.5) is 5.95 Å². The first kappa shape index (κ1) is 11.3. The molecule has 0 saturated heterocycles. The van der Waals surface area contributed by atoms with Crippen molar-refractivity contribution in [1.82, 2.24) is 9.55 Å². The second kappa shape index (κ2) is 4.74. The van der Waals surface area contributed by atoms with E-state index < -0.39 is 0 Å². The molecule has 0 radical (unpaired) electrons. The van der Waals surface area contributed by atoms with Gasteiger partial charge >= 0.3 is 0 Å². The number of hydrogen-bond acceptors (Lipinski definition) is 2. The predicted octanol–water partition coefficient (Wildman–Crippen LogP) is 2.64. The number of nitrogens with zero attached hydrogens (tertiary/aromatic N) is 3. The number of aromatic nitrogens is 2. The Morgan fingerprint density at radius 2 is 2.12 bits per heavy atom. The number of halogens is 1. The van der Waals surface area contributed by atoms with E-state index in [1.54, 1.807) is 0 Å². The molecule has 0 aliphatic rings. The largest absolute Gasteiger partial charge is 0.341 e. The van der Waals surface area contributed by atoms with E-state index in [1.807, 2.05) is 25.2 Å². The van der Waals surface area contributed by atoms with Gasteiger partial charge in [0.25, 0.3) is 0 Å². The van der Waals surface area contributed by atoms with Crippen LogP contribution in [-0.4, -0.2) is 28.5 Å². The minimum Gasteiger partial charge on any atom is -0.341 e. The van der Waals surface area contributed by atoms with Crippen LogP contribution < -0.4 is 4.90 Å². The highest BCUT2D eigenvalue weighted by molar-refractivity contribution is 6.18. The van der Waals surface area contributed by atoms with Crippen molar-refractivity contribution in [2.75, 3.05) is 23.9 Å². The zero-order chi connectivity index (χ0) is 11.5. The van der Waals surface area contributed by atoms with Crippen LogP contribution in [0.1, 0.15) is 6.92 Å². The minimum atomic E-state index is 0.622. The first-order valence-electron chi connectivity index (χ1n) is 5.50. The van der Waals surface area contributed by atoms with Gasteiger partial charge in [0, 0.05) is 26.0 Å². The third-order valence-electron chi connectivity index (χ3n) is 2.78. The van der Waals surface area contributed by atoms with Gasteiger partial charge in [0.15, 0.2) is 0 Å². The molecule has 1 aromatic heterocycles. The smallest absolute Gasteiger partial charge is 0.206 e. The van der Waals surface area contributed by atoms with Gasteiger partial charge in [-0.05, 0) is 19.1 Å². The topological polar surface area (TPSA) is 21.1 Å². The van der Waals surface area contributed by atoms with Gasteiger partial charge in [-0.2, -0.15) is 0 Å². The molecule has 2 rings (SSSR count). The summed E-state index contributed by atoms with van der Waals surface area (Å²) in [6.07, 6.45) is 0. The molecule has 0 aliphatic carbocycles. The van der Waals surface area contributed by atoms with Crippen molar-refractivity contribution in [2.24, 2.45) is 7.05 Å². The van der Waals surface area contributed by atoms with E-state index in [-0.39, 0.29) is 0 Å². The molecule has 0 unspecified atom stereocenters.